The second-order valence-corrected chi connectivity index (χ2v) is 4.47. The molecule has 0 aromatic heterocycles. The Balaban J connectivity index is 2.62. The summed E-state index contributed by atoms with van der Waals surface area (Å²) in [6.07, 6.45) is 0.807. The highest BCUT2D eigenvalue weighted by Crippen LogP contribution is 2.24. The molecule has 4 heteroatoms. The summed E-state index contributed by atoms with van der Waals surface area (Å²) in [4.78, 5) is 24.4. The molecule has 4 nitrogen and oxygen atoms in total. The average molecular weight is 213 g/mol. The van der Waals surface area contributed by atoms with E-state index in [1.54, 1.807) is 4.90 Å². The van der Waals surface area contributed by atoms with E-state index in [4.69, 9.17) is 5.11 Å². The molecule has 1 heterocycles. The zero-order valence-electron chi connectivity index (χ0n) is 9.56. The van der Waals surface area contributed by atoms with Crippen molar-refractivity contribution in [1.82, 2.24) is 4.90 Å². The molecule has 0 saturated carbocycles. The van der Waals surface area contributed by atoms with Crippen LogP contribution in [0.4, 0.5) is 0 Å². The van der Waals surface area contributed by atoms with Crippen molar-refractivity contribution < 1.29 is 14.7 Å². The number of hydrogen-bond acceptors (Lipinski definition) is 2. The number of carbonyl (C=O) groups is 2. The first-order valence-corrected chi connectivity index (χ1v) is 5.49. The maximum Gasteiger partial charge on any atom is 0.308 e. The molecule has 1 unspecified atom stereocenters. The van der Waals surface area contributed by atoms with E-state index in [1.807, 2.05) is 20.8 Å². The summed E-state index contributed by atoms with van der Waals surface area (Å²) in [5, 5.41) is 8.94. The van der Waals surface area contributed by atoms with Crippen molar-refractivity contribution in [2.45, 2.75) is 27.2 Å². The zero-order valence-corrected chi connectivity index (χ0v) is 9.56. The molecule has 0 spiro atoms. The predicted octanol–water partition coefficient (Wildman–Crippen LogP) is 1.21. The third-order valence-corrected chi connectivity index (χ3v) is 3.28. The van der Waals surface area contributed by atoms with Gasteiger partial charge in [0, 0.05) is 19.0 Å². The molecular formula is C11H19NO3. The second kappa shape index (κ2) is 4.64. The van der Waals surface area contributed by atoms with Crippen molar-refractivity contribution in [2.75, 3.05) is 13.1 Å². The van der Waals surface area contributed by atoms with Crippen LogP contribution in [0.3, 0.4) is 0 Å². The molecule has 1 aliphatic heterocycles. The summed E-state index contributed by atoms with van der Waals surface area (Å²) in [5.41, 5.74) is 0. The number of rotatable bonds is 3. The van der Waals surface area contributed by atoms with Gasteiger partial charge in [0.05, 0.1) is 5.92 Å². The van der Waals surface area contributed by atoms with Crippen LogP contribution in [-0.2, 0) is 9.59 Å². The summed E-state index contributed by atoms with van der Waals surface area (Å²) < 4.78 is 0. The van der Waals surface area contributed by atoms with E-state index in [0.717, 1.165) is 6.42 Å². The third kappa shape index (κ3) is 2.49. The lowest BCUT2D eigenvalue weighted by Gasteiger charge is -2.19. The Bertz CT molecular complexity index is 265. The van der Waals surface area contributed by atoms with Crippen molar-refractivity contribution in [2.24, 2.45) is 17.8 Å². The zero-order chi connectivity index (χ0) is 11.6. The lowest BCUT2D eigenvalue weighted by atomic mass is 9.99. The summed E-state index contributed by atoms with van der Waals surface area (Å²) in [6.45, 7) is 6.71. The van der Waals surface area contributed by atoms with Gasteiger partial charge in [-0.15, -0.1) is 0 Å². The molecule has 0 aliphatic carbocycles. The van der Waals surface area contributed by atoms with Crippen molar-refractivity contribution >= 4 is 11.9 Å². The third-order valence-electron chi connectivity index (χ3n) is 3.28. The minimum atomic E-state index is -0.790. The van der Waals surface area contributed by atoms with Gasteiger partial charge in [-0.25, -0.2) is 0 Å². The first kappa shape index (κ1) is 12.0. The summed E-state index contributed by atoms with van der Waals surface area (Å²) in [7, 11) is 0. The van der Waals surface area contributed by atoms with E-state index in [2.05, 4.69) is 0 Å². The van der Waals surface area contributed by atoms with Crippen molar-refractivity contribution in [3.8, 4) is 0 Å². The highest BCUT2D eigenvalue weighted by atomic mass is 16.4. The highest BCUT2D eigenvalue weighted by molar-refractivity contribution is 5.80. The highest BCUT2D eigenvalue weighted by Gasteiger charge is 2.37. The fourth-order valence-electron chi connectivity index (χ4n) is 1.95. The van der Waals surface area contributed by atoms with Crippen molar-refractivity contribution in [3.05, 3.63) is 0 Å². The number of carboxylic acid groups (broad SMARTS) is 1. The van der Waals surface area contributed by atoms with Crippen molar-refractivity contribution in [1.29, 1.82) is 0 Å². The molecule has 3 atom stereocenters. The molecule has 86 valence electrons. The van der Waals surface area contributed by atoms with Crippen LogP contribution in [0, 0.1) is 17.8 Å². The van der Waals surface area contributed by atoms with E-state index < -0.39 is 11.9 Å². The molecule has 15 heavy (non-hydrogen) atoms. The largest absolute Gasteiger partial charge is 0.481 e. The van der Waals surface area contributed by atoms with Gasteiger partial charge in [0.1, 0.15) is 0 Å². The van der Waals surface area contributed by atoms with Crippen LogP contribution in [0.5, 0.6) is 0 Å². The first-order chi connectivity index (χ1) is 6.97. The number of nitrogens with zero attached hydrogens (tertiary/aromatic N) is 1. The topological polar surface area (TPSA) is 57.6 Å². The summed E-state index contributed by atoms with van der Waals surface area (Å²) >= 11 is 0. The van der Waals surface area contributed by atoms with Crippen LogP contribution >= 0.6 is 0 Å². The molecule has 0 radical (unpaired) electrons. The number of hydrogen-bond donors (Lipinski definition) is 1. The van der Waals surface area contributed by atoms with Gasteiger partial charge in [0.2, 0.25) is 5.91 Å². The maximum atomic E-state index is 11.8. The Kier molecular flexibility index (Phi) is 3.72. The predicted molar refractivity (Wildman–Crippen MR) is 56.3 cm³/mol. The van der Waals surface area contributed by atoms with Crippen molar-refractivity contribution in [3.63, 3.8) is 0 Å². The van der Waals surface area contributed by atoms with E-state index in [9.17, 15) is 9.59 Å². The van der Waals surface area contributed by atoms with Crippen LogP contribution in [0.25, 0.3) is 0 Å². The smallest absolute Gasteiger partial charge is 0.308 e. The maximum absolute atomic E-state index is 11.8. The number of carboxylic acids is 1. The Morgan fingerprint density at radius 2 is 2.07 bits per heavy atom. The molecule has 0 bridgehead atoms. The van der Waals surface area contributed by atoms with Gasteiger partial charge in [-0.3, -0.25) is 9.59 Å². The van der Waals surface area contributed by atoms with E-state index in [0.29, 0.717) is 13.1 Å². The van der Waals surface area contributed by atoms with Gasteiger partial charge in [0.25, 0.3) is 0 Å². The van der Waals surface area contributed by atoms with Gasteiger partial charge in [-0.1, -0.05) is 20.8 Å². The molecular weight excluding hydrogens is 194 g/mol. The average Bonchev–Trinajstić information content (AvgIpc) is 2.58. The van der Waals surface area contributed by atoms with Crippen LogP contribution in [0.15, 0.2) is 0 Å². The molecule has 1 aliphatic rings. The van der Waals surface area contributed by atoms with Gasteiger partial charge >= 0.3 is 5.97 Å². The second-order valence-electron chi connectivity index (χ2n) is 4.47. The number of carbonyl (C=O) groups excluding carboxylic acids is 1. The Labute approximate surface area is 90.3 Å². The number of aliphatic carboxylic acids is 1. The minimum absolute atomic E-state index is 0.00439. The normalized spacial score (nSPS) is 27.8. The molecule has 1 N–H and O–H groups in total. The SMILES string of the molecule is CCC(C)C(=O)N1C[C@@H](C)[C@H](C(=O)O)C1. The van der Waals surface area contributed by atoms with Gasteiger partial charge in [-0.2, -0.15) is 0 Å². The van der Waals surface area contributed by atoms with E-state index in [1.165, 1.54) is 0 Å². The summed E-state index contributed by atoms with van der Waals surface area (Å²) in [6, 6.07) is 0. The lowest BCUT2D eigenvalue weighted by Crippen LogP contribution is -2.33. The molecule has 1 saturated heterocycles. The van der Waals surface area contributed by atoms with Gasteiger partial charge in [0.15, 0.2) is 0 Å². The molecule has 1 fully saturated rings. The fraction of sp³-hybridized carbons (Fsp3) is 0.818. The summed E-state index contributed by atoms with van der Waals surface area (Å²) in [5.74, 6) is -1.02. The molecule has 0 aromatic carbocycles. The quantitative estimate of drug-likeness (QED) is 0.766. The van der Waals surface area contributed by atoms with Crippen LogP contribution in [0.1, 0.15) is 27.2 Å². The Hall–Kier alpha value is -1.06. The van der Waals surface area contributed by atoms with E-state index >= 15 is 0 Å². The van der Waals surface area contributed by atoms with Gasteiger partial charge in [-0.05, 0) is 12.3 Å². The first-order valence-electron chi connectivity index (χ1n) is 5.49. The number of amides is 1. The molecule has 1 amide bonds. The standard InChI is InChI=1S/C11H19NO3/c1-4-7(2)10(13)12-5-8(3)9(6-12)11(14)15/h7-9H,4-6H2,1-3H3,(H,14,15)/t7?,8-,9-/m1/s1. The molecule has 1 rings (SSSR count). The van der Waals surface area contributed by atoms with Crippen LogP contribution < -0.4 is 0 Å². The molecule has 0 aromatic rings. The van der Waals surface area contributed by atoms with Gasteiger partial charge < -0.3 is 10.0 Å². The monoisotopic (exact) mass is 213 g/mol. The number of likely N-dealkylation sites (tertiary alicyclic amines) is 1. The van der Waals surface area contributed by atoms with Crippen LogP contribution in [-0.4, -0.2) is 35.0 Å². The Morgan fingerprint density at radius 3 is 2.47 bits per heavy atom. The lowest BCUT2D eigenvalue weighted by molar-refractivity contribution is -0.142. The fourth-order valence-corrected chi connectivity index (χ4v) is 1.95. The minimum Gasteiger partial charge on any atom is -0.481 e. The van der Waals surface area contributed by atoms with E-state index in [-0.39, 0.29) is 17.7 Å². The van der Waals surface area contributed by atoms with Crippen LogP contribution in [0.2, 0.25) is 0 Å². The Morgan fingerprint density at radius 1 is 1.47 bits per heavy atom.